The van der Waals surface area contributed by atoms with Gasteiger partial charge in [0.1, 0.15) is 0 Å². The van der Waals surface area contributed by atoms with Crippen molar-refractivity contribution in [2.75, 3.05) is 10.6 Å². The van der Waals surface area contributed by atoms with Crippen LogP contribution in [0.25, 0.3) is 0 Å². The van der Waals surface area contributed by atoms with Crippen LogP contribution >= 0.6 is 12.2 Å². The second-order valence-corrected chi connectivity index (χ2v) is 5.05. The van der Waals surface area contributed by atoms with E-state index in [0.717, 1.165) is 17.1 Å². The standard InChI is InChI=1S/C14H18N4S/c1-9-5-6-12(7-10(9)2)16-14(19)17-13-8-15-18(4)11(13)3/h5-8H,1-4H3,(H2,16,17,19). The van der Waals surface area contributed by atoms with Gasteiger partial charge in [-0.25, -0.2) is 0 Å². The van der Waals surface area contributed by atoms with Crippen LogP contribution in [0, 0.1) is 20.8 Å². The Morgan fingerprint density at radius 1 is 1.16 bits per heavy atom. The zero-order chi connectivity index (χ0) is 14.0. The molecule has 1 heterocycles. The van der Waals surface area contributed by atoms with E-state index in [9.17, 15) is 0 Å². The Bertz CT molecular complexity index is 616. The highest BCUT2D eigenvalue weighted by Gasteiger charge is 2.05. The Hall–Kier alpha value is -1.88. The maximum absolute atomic E-state index is 5.30. The zero-order valence-electron chi connectivity index (χ0n) is 11.6. The first-order valence-corrected chi connectivity index (χ1v) is 6.52. The van der Waals surface area contributed by atoms with Crippen LogP contribution < -0.4 is 10.6 Å². The van der Waals surface area contributed by atoms with Gasteiger partial charge in [-0.3, -0.25) is 4.68 Å². The summed E-state index contributed by atoms with van der Waals surface area (Å²) in [5.74, 6) is 0. The molecular weight excluding hydrogens is 256 g/mol. The maximum atomic E-state index is 5.30. The van der Waals surface area contributed by atoms with Crippen molar-refractivity contribution in [2.24, 2.45) is 7.05 Å². The van der Waals surface area contributed by atoms with Gasteiger partial charge >= 0.3 is 0 Å². The van der Waals surface area contributed by atoms with Crippen LogP contribution in [0.2, 0.25) is 0 Å². The average molecular weight is 274 g/mol. The zero-order valence-corrected chi connectivity index (χ0v) is 12.4. The molecular formula is C14H18N4S. The molecule has 0 amide bonds. The van der Waals surface area contributed by atoms with Crippen LogP contribution in [0.15, 0.2) is 24.4 Å². The number of thiocarbonyl (C=S) groups is 1. The summed E-state index contributed by atoms with van der Waals surface area (Å²) in [7, 11) is 1.90. The summed E-state index contributed by atoms with van der Waals surface area (Å²) in [6.45, 7) is 6.17. The molecule has 2 rings (SSSR count). The third-order valence-corrected chi connectivity index (χ3v) is 3.45. The highest BCUT2D eigenvalue weighted by Crippen LogP contribution is 2.16. The predicted molar refractivity (Wildman–Crippen MR) is 83.7 cm³/mol. The van der Waals surface area contributed by atoms with Crippen molar-refractivity contribution in [1.82, 2.24) is 9.78 Å². The molecule has 1 aromatic heterocycles. The number of benzene rings is 1. The molecule has 0 aliphatic carbocycles. The highest BCUT2D eigenvalue weighted by molar-refractivity contribution is 7.80. The van der Waals surface area contributed by atoms with Gasteiger partial charge in [-0.1, -0.05) is 6.07 Å². The molecule has 1 aromatic carbocycles. The summed E-state index contributed by atoms with van der Waals surface area (Å²) < 4.78 is 1.81. The number of hydrogen-bond acceptors (Lipinski definition) is 2. The van der Waals surface area contributed by atoms with E-state index in [0.29, 0.717) is 5.11 Å². The minimum Gasteiger partial charge on any atom is -0.332 e. The van der Waals surface area contributed by atoms with Gasteiger partial charge < -0.3 is 10.6 Å². The van der Waals surface area contributed by atoms with Gasteiger partial charge in [0.15, 0.2) is 5.11 Å². The summed E-state index contributed by atoms with van der Waals surface area (Å²) >= 11 is 5.30. The lowest BCUT2D eigenvalue weighted by Crippen LogP contribution is -2.19. The minimum atomic E-state index is 0.569. The molecule has 0 aliphatic rings. The van der Waals surface area contributed by atoms with E-state index in [1.165, 1.54) is 11.1 Å². The fourth-order valence-electron chi connectivity index (χ4n) is 1.73. The van der Waals surface area contributed by atoms with Gasteiger partial charge in [-0.05, 0) is 56.2 Å². The van der Waals surface area contributed by atoms with Crippen LogP contribution in [-0.2, 0) is 7.05 Å². The number of anilines is 2. The molecule has 0 unspecified atom stereocenters. The van der Waals surface area contributed by atoms with Crippen LogP contribution in [0.1, 0.15) is 16.8 Å². The molecule has 5 heteroatoms. The Kier molecular flexibility index (Phi) is 3.85. The molecule has 0 saturated carbocycles. The summed E-state index contributed by atoms with van der Waals surface area (Å²) in [5.41, 5.74) is 5.47. The molecule has 100 valence electrons. The predicted octanol–water partition coefficient (Wildman–Crippen LogP) is 3.15. The fraction of sp³-hybridized carbons (Fsp3) is 0.286. The summed E-state index contributed by atoms with van der Waals surface area (Å²) in [5, 5.41) is 11.1. The Balaban J connectivity index is 2.05. The molecule has 2 aromatic rings. The second kappa shape index (κ2) is 5.40. The first kappa shape index (κ1) is 13.5. The number of nitrogens with zero attached hydrogens (tertiary/aromatic N) is 2. The van der Waals surface area contributed by atoms with E-state index in [4.69, 9.17) is 12.2 Å². The Morgan fingerprint density at radius 3 is 2.47 bits per heavy atom. The van der Waals surface area contributed by atoms with Crippen molar-refractivity contribution in [3.8, 4) is 0 Å². The maximum Gasteiger partial charge on any atom is 0.175 e. The average Bonchev–Trinajstić information content (AvgIpc) is 2.66. The normalized spacial score (nSPS) is 10.3. The third-order valence-electron chi connectivity index (χ3n) is 3.25. The van der Waals surface area contributed by atoms with Crippen molar-refractivity contribution in [2.45, 2.75) is 20.8 Å². The molecule has 0 fully saturated rings. The minimum absolute atomic E-state index is 0.569. The van der Waals surface area contributed by atoms with E-state index in [1.54, 1.807) is 10.9 Å². The lowest BCUT2D eigenvalue weighted by Gasteiger charge is -2.11. The van der Waals surface area contributed by atoms with Crippen LogP contribution in [0.4, 0.5) is 11.4 Å². The van der Waals surface area contributed by atoms with Crippen LogP contribution in [-0.4, -0.2) is 14.9 Å². The van der Waals surface area contributed by atoms with E-state index >= 15 is 0 Å². The quantitative estimate of drug-likeness (QED) is 0.826. The molecule has 2 N–H and O–H groups in total. The first-order chi connectivity index (χ1) is 8.97. The van der Waals surface area contributed by atoms with E-state index < -0.39 is 0 Å². The molecule has 0 spiro atoms. The molecule has 0 radical (unpaired) electrons. The van der Waals surface area contributed by atoms with Crippen LogP contribution in [0.3, 0.4) is 0 Å². The molecule has 0 saturated heterocycles. The largest absolute Gasteiger partial charge is 0.332 e. The van der Waals surface area contributed by atoms with Gasteiger partial charge in [-0.15, -0.1) is 0 Å². The van der Waals surface area contributed by atoms with Crippen molar-refractivity contribution >= 4 is 28.7 Å². The first-order valence-electron chi connectivity index (χ1n) is 6.11. The van der Waals surface area contributed by atoms with Crippen LogP contribution in [0.5, 0.6) is 0 Å². The van der Waals surface area contributed by atoms with Crippen molar-refractivity contribution in [3.05, 3.63) is 41.2 Å². The van der Waals surface area contributed by atoms with Gasteiger partial charge in [0, 0.05) is 12.7 Å². The number of hydrogen-bond donors (Lipinski definition) is 2. The van der Waals surface area contributed by atoms with E-state index in [1.807, 2.05) is 20.0 Å². The molecule has 0 bridgehead atoms. The molecule has 0 atom stereocenters. The van der Waals surface area contributed by atoms with E-state index in [2.05, 4.69) is 41.7 Å². The third kappa shape index (κ3) is 3.12. The Morgan fingerprint density at radius 2 is 1.89 bits per heavy atom. The van der Waals surface area contributed by atoms with Gasteiger partial charge in [0.05, 0.1) is 17.6 Å². The summed E-state index contributed by atoms with van der Waals surface area (Å²) in [6, 6.07) is 6.18. The molecule has 19 heavy (non-hydrogen) atoms. The highest BCUT2D eigenvalue weighted by atomic mass is 32.1. The van der Waals surface area contributed by atoms with Crippen molar-refractivity contribution in [3.63, 3.8) is 0 Å². The molecule has 4 nitrogen and oxygen atoms in total. The van der Waals surface area contributed by atoms with Gasteiger partial charge in [-0.2, -0.15) is 5.10 Å². The second-order valence-electron chi connectivity index (χ2n) is 4.65. The lowest BCUT2D eigenvalue weighted by molar-refractivity contribution is 0.740. The monoisotopic (exact) mass is 274 g/mol. The number of aromatic nitrogens is 2. The SMILES string of the molecule is Cc1ccc(NC(=S)Nc2cnn(C)c2C)cc1C. The number of aryl methyl sites for hydroxylation is 3. The lowest BCUT2D eigenvalue weighted by atomic mass is 10.1. The topological polar surface area (TPSA) is 41.9 Å². The van der Waals surface area contributed by atoms with Crippen molar-refractivity contribution in [1.29, 1.82) is 0 Å². The van der Waals surface area contributed by atoms with Crippen molar-refractivity contribution < 1.29 is 0 Å². The van der Waals surface area contributed by atoms with Gasteiger partial charge in [0.25, 0.3) is 0 Å². The van der Waals surface area contributed by atoms with E-state index in [-0.39, 0.29) is 0 Å². The van der Waals surface area contributed by atoms with Gasteiger partial charge in [0.2, 0.25) is 0 Å². The summed E-state index contributed by atoms with van der Waals surface area (Å²) in [6.07, 6.45) is 1.77. The summed E-state index contributed by atoms with van der Waals surface area (Å²) in [4.78, 5) is 0. The Labute approximate surface area is 118 Å². The fourth-order valence-corrected chi connectivity index (χ4v) is 1.95. The molecule has 0 aliphatic heterocycles. The number of nitrogens with one attached hydrogen (secondary N) is 2. The number of rotatable bonds is 2. The smallest absolute Gasteiger partial charge is 0.175 e.